The molecule has 0 fully saturated rings. The van der Waals surface area contributed by atoms with Crippen molar-refractivity contribution >= 4 is 23.2 Å². The van der Waals surface area contributed by atoms with Crippen LogP contribution in [0.5, 0.6) is 5.75 Å². The minimum atomic E-state index is -0.224. The van der Waals surface area contributed by atoms with Crippen LogP contribution in [0.15, 0.2) is 66.7 Å². The summed E-state index contributed by atoms with van der Waals surface area (Å²) in [7, 11) is 1.61. The Morgan fingerprint density at radius 2 is 1.67 bits per heavy atom. The fraction of sp³-hybridized carbons (Fsp3) is 0.0556. The van der Waals surface area contributed by atoms with E-state index in [9.17, 15) is 4.79 Å². The van der Waals surface area contributed by atoms with E-state index >= 15 is 0 Å². The normalized spacial score (nSPS) is 10.0. The first-order valence-corrected chi connectivity index (χ1v) is 7.36. The van der Waals surface area contributed by atoms with E-state index < -0.39 is 0 Å². The Labute approximate surface area is 139 Å². The molecule has 1 heterocycles. The number of hydrogen-bond acceptors (Lipinski definition) is 5. The highest BCUT2D eigenvalue weighted by molar-refractivity contribution is 6.03. The number of methoxy groups -OCH3 is 1. The lowest BCUT2D eigenvalue weighted by Crippen LogP contribution is -2.13. The summed E-state index contributed by atoms with van der Waals surface area (Å²) in [6, 6.07) is 19.9. The topological polar surface area (TPSA) is 76.1 Å². The quantitative estimate of drug-likeness (QED) is 0.752. The molecule has 0 spiro atoms. The predicted octanol–water partition coefficient (Wildman–Crippen LogP) is 3.48. The molecule has 0 aliphatic rings. The molecule has 1 amide bonds. The molecule has 3 aromatic rings. The van der Waals surface area contributed by atoms with Crippen LogP contribution in [-0.4, -0.2) is 23.2 Å². The fourth-order valence-electron chi connectivity index (χ4n) is 2.09. The second-order valence-electron chi connectivity index (χ2n) is 4.98. The second-order valence-corrected chi connectivity index (χ2v) is 4.98. The van der Waals surface area contributed by atoms with Gasteiger partial charge in [0.15, 0.2) is 11.6 Å². The SMILES string of the molecule is COc1cccc(Nc2ccc(NC(=O)c3ccccc3)nn2)c1. The van der Waals surface area contributed by atoms with Crippen LogP contribution in [0.4, 0.5) is 17.3 Å². The maximum atomic E-state index is 12.1. The largest absolute Gasteiger partial charge is 0.497 e. The van der Waals surface area contributed by atoms with Crippen molar-refractivity contribution in [2.75, 3.05) is 17.7 Å². The van der Waals surface area contributed by atoms with Crippen molar-refractivity contribution in [2.45, 2.75) is 0 Å². The average Bonchev–Trinajstić information content (AvgIpc) is 2.64. The van der Waals surface area contributed by atoms with Crippen molar-refractivity contribution in [3.63, 3.8) is 0 Å². The van der Waals surface area contributed by atoms with E-state index in [1.54, 1.807) is 31.4 Å². The van der Waals surface area contributed by atoms with Crippen molar-refractivity contribution in [1.29, 1.82) is 0 Å². The van der Waals surface area contributed by atoms with Gasteiger partial charge in [0.2, 0.25) is 0 Å². The molecular weight excluding hydrogens is 304 g/mol. The molecule has 0 saturated heterocycles. The number of ether oxygens (including phenoxy) is 1. The number of benzene rings is 2. The van der Waals surface area contributed by atoms with Gasteiger partial charge >= 0.3 is 0 Å². The lowest BCUT2D eigenvalue weighted by atomic mass is 10.2. The highest BCUT2D eigenvalue weighted by Gasteiger charge is 2.06. The molecule has 2 N–H and O–H groups in total. The van der Waals surface area contributed by atoms with Gasteiger partial charge in [0, 0.05) is 17.3 Å². The highest BCUT2D eigenvalue weighted by Crippen LogP contribution is 2.20. The molecule has 0 unspecified atom stereocenters. The fourth-order valence-corrected chi connectivity index (χ4v) is 2.09. The summed E-state index contributed by atoms with van der Waals surface area (Å²) in [6.07, 6.45) is 0. The standard InChI is InChI=1S/C18H16N4O2/c1-24-15-9-5-8-14(12-15)19-16-10-11-17(22-21-16)20-18(23)13-6-3-2-4-7-13/h2-12H,1H3,(H,19,21)(H,20,22,23). The van der Waals surface area contributed by atoms with E-state index in [2.05, 4.69) is 20.8 Å². The van der Waals surface area contributed by atoms with Gasteiger partial charge in [0.05, 0.1) is 7.11 Å². The molecule has 120 valence electrons. The zero-order valence-electron chi connectivity index (χ0n) is 13.1. The number of anilines is 3. The third-order valence-corrected chi connectivity index (χ3v) is 3.28. The third-order valence-electron chi connectivity index (χ3n) is 3.28. The summed E-state index contributed by atoms with van der Waals surface area (Å²) in [6.45, 7) is 0. The van der Waals surface area contributed by atoms with Gasteiger partial charge in [-0.2, -0.15) is 0 Å². The van der Waals surface area contributed by atoms with Gasteiger partial charge in [-0.15, -0.1) is 10.2 Å². The molecule has 0 radical (unpaired) electrons. The average molecular weight is 320 g/mol. The first-order valence-electron chi connectivity index (χ1n) is 7.36. The van der Waals surface area contributed by atoms with Crippen LogP contribution in [0.25, 0.3) is 0 Å². The Kier molecular flexibility index (Phi) is 4.67. The molecule has 0 saturated carbocycles. The van der Waals surface area contributed by atoms with Gasteiger partial charge in [-0.05, 0) is 36.4 Å². The van der Waals surface area contributed by atoms with Crippen LogP contribution >= 0.6 is 0 Å². The Morgan fingerprint density at radius 3 is 2.38 bits per heavy atom. The predicted molar refractivity (Wildman–Crippen MR) is 92.7 cm³/mol. The molecule has 3 rings (SSSR count). The van der Waals surface area contributed by atoms with Crippen LogP contribution in [0, 0.1) is 0 Å². The maximum absolute atomic E-state index is 12.1. The summed E-state index contributed by atoms with van der Waals surface area (Å²) >= 11 is 0. The Morgan fingerprint density at radius 1 is 0.917 bits per heavy atom. The number of nitrogens with one attached hydrogen (secondary N) is 2. The van der Waals surface area contributed by atoms with Crippen molar-refractivity contribution in [3.05, 3.63) is 72.3 Å². The summed E-state index contributed by atoms with van der Waals surface area (Å²) in [5, 5.41) is 13.9. The van der Waals surface area contributed by atoms with Crippen LogP contribution < -0.4 is 15.4 Å². The summed E-state index contributed by atoms with van der Waals surface area (Å²) in [5.74, 6) is 1.49. The molecule has 0 aliphatic heterocycles. The van der Waals surface area contributed by atoms with Gasteiger partial charge in [-0.3, -0.25) is 4.79 Å². The third kappa shape index (κ3) is 3.86. The number of rotatable bonds is 5. The lowest BCUT2D eigenvalue weighted by molar-refractivity contribution is 0.102. The Balaban J connectivity index is 1.66. The molecule has 6 nitrogen and oxygen atoms in total. The number of carbonyl (C=O) groups excluding carboxylic acids is 1. The van der Waals surface area contributed by atoms with E-state index in [0.29, 0.717) is 17.2 Å². The Bertz CT molecular complexity index is 820. The van der Waals surface area contributed by atoms with Crippen molar-refractivity contribution in [1.82, 2.24) is 10.2 Å². The molecular formula is C18H16N4O2. The molecule has 24 heavy (non-hydrogen) atoms. The zero-order valence-corrected chi connectivity index (χ0v) is 13.1. The number of carbonyl (C=O) groups is 1. The second kappa shape index (κ2) is 7.23. The molecule has 1 aromatic heterocycles. The van der Waals surface area contributed by atoms with Gasteiger partial charge in [-0.1, -0.05) is 24.3 Å². The van der Waals surface area contributed by atoms with Gasteiger partial charge < -0.3 is 15.4 Å². The summed E-state index contributed by atoms with van der Waals surface area (Å²) in [5.41, 5.74) is 1.41. The van der Waals surface area contributed by atoms with Crippen LogP contribution in [0.1, 0.15) is 10.4 Å². The van der Waals surface area contributed by atoms with Crippen molar-refractivity contribution in [2.24, 2.45) is 0 Å². The number of nitrogens with zero attached hydrogens (tertiary/aromatic N) is 2. The molecule has 2 aromatic carbocycles. The van der Waals surface area contributed by atoms with E-state index in [0.717, 1.165) is 11.4 Å². The van der Waals surface area contributed by atoms with E-state index in [1.165, 1.54) is 0 Å². The van der Waals surface area contributed by atoms with E-state index in [-0.39, 0.29) is 5.91 Å². The van der Waals surface area contributed by atoms with Crippen LogP contribution in [0.3, 0.4) is 0 Å². The minimum absolute atomic E-state index is 0.224. The first kappa shape index (κ1) is 15.5. The number of aromatic nitrogens is 2. The highest BCUT2D eigenvalue weighted by atomic mass is 16.5. The van der Waals surface area contributed by atoms with Crippen molar-refractivity contribution in [3.8, 4) is 5.75 Å². The van der Waals surface area contributed by atoms with Gasteiger partial charge in [0.25, 0.3) is 5.91 Å². The van der Waals surface area contributed by atoms with E-state index in [4.69, 9.17) is 4.74 Å². The first-order chi connectivity index (χ1) is 11.7. The van der Waals surface area contributed by atoms with Crippen LogP contribution in [0.2, 0.25) is 0 Å². The zero-order chi connectivity index (χ0) is 16.8. The summed E-state index contributed by atoms with van der Waals surface area (Å²) < 4.78 is 5.17. The van der Waals surface area contributed by atoms with Gasteiger partial charge in [-0.25, -0.2) is 0 Å². The Hall–Kier alpha value is -3.41. The molecule has 0 atom stereocenters. The molecule has 0 aliphatic carbocycles. The van der Waals surface area contributed by atoms with Crippen LogP contribution in [-0.2, 0) is 0 Å². The van der Waals surface area contributed by atoms with Crippen molar-refractivity contribution < 1.29 is 9.53 Å². The minimum Gasteiger partial charge on any atom is -0.497 e. The number of amides is 1. The van der Waals surface area contributed by atoms with Gasteiger partial charge in [0.1, 0.15) is 5.75 Å². The maximum Gasteiger partial charge on any atom is 0.256 e. The lowest BCUT2D eigenvalue weighted by Gasteiger charge is -2.08. The molecule has 0 bridgehead atoms. The molecule has 6 heteroatoms. The number of hydrogen-bond donors (Lipinski definition) is 2. The smallest absolute Gasteiger partial charge is 0.256 e. The van der Waals surface area contributed by atoms with E-state index in [1.807, 2.05) is 42.5 Å². The summed E-state index contributed by atoms with van der Waals surface area (Å²) in [4.78, 5) is 12.1. The monoisotopic (exact) mass is 320 g/mol.